The first-order chi connectivity index (χ1) is 5.91. The second-order valence-corrected chi connectivity index (χ2v) is 3.58. The number of benzene rings is 1. The van der Waals surface area contributed by atoms with Gasteiger partial charge >= 0.3 is 22.4 Å². The molecule has 0 aliphatic heterocycles. The maximum atomic E-state index is 10.4. The molecule has 0 N–H and O–H groups in total. The Hall–Kier alpha value is -0.730. The second-order valence-electron chi connectivity index (χ2n) is 2.21. The monoisotopic (exact) mass is 309 g/mol. The van der Waals surface area contributed by atoms with Gasteiger partial charge in [0.1, 0.15) is 10.1 Å². The molecule has 0 atom stereocenters. The molecule has 0 aromatic heterocycles. The van der Waals surface area contributed by atoms with Crippen LogP contribution in [-0.2, 0) is 32.5 Å². The van der Waals surface area contributed by atoms with E-state index >= 15 is 0 Å². The smallest absolute Gasteiger partial charge is 0.744 e. The first kappa shape index (κ1) is 13.3. The van der Waals surface area contributed by atoms with E-state index in [0.717, 1.165) is 24.3 Å². The van der Waals surface area contributed by atoms with Crippen molar-refractivity contribution in [2.24, 2.45) is 0 Å². The SMILES string of the molecule is O=[N+]([O-])c1ccc(S(=O)(=O)[O-])cc1.[Ag+]. The molecule has 0 bridgehead atoms. The van der Waals surface area contributed by atoms with Gasteiger partial charge in [0.05, 0.1) is 9.82 Å². The van der Waals surface area contributed by atoms with Crippen molar-refractivity contribution in [3.63, 3.8) is 0 Å². The minimum absolute atomic E-state index is 0. The molecule has 0 fully saturated rings. The van der Waals surface area contributed by atoms with Crippen molar-refractivity contribution < 1.29 is 40.3 Å². The van der Waals surface area contributed by atoms with E-state index in [2.05, 4.69) is 0 Å². The molecule has 80 valence electrons. The molecule has 0 saturated heterocycles. The minimum Gasteiger partial charge on any atom is -0.744 e. The molecule has 1 rings (SSSR count). The molecule has 0 radical (unpaired) electrons. The first-order valence-corrected chi connectivity index (χ1v) is 4.52. The molecule has 1 aromatic carbocycles. The van der Waals surface area contributed by atoms with Gasteiger partial charge in [0, 0.05) is 12.1 Å². The van der Waals surface area contributed by atoms with Crippen molar-refractivity contribution in [1.29, 1.82) is 0 Å². The van der Waals surface area contributed by atoms with Gasteiger partial charge in [-0.05, 0) is 12.1 Å². The number of nitro groups is 1. The molecular formula is C6H4AgNO5S. The van der Waals surface area contributed by atoms with Gasteiger partial charge in [0.25, 0.3) is 5.69 Å². The van der Waals surface area contributed by atoms with Gasteiger partial charge in [0.15, 0.2) is 0 Å². The average Bonchev–Trinajstić information content (AvgIpc) is 2.03. The summed E-state index contributed by atoms with van der Waals surface area (Å²) in [6, 6.07) is 3.73. The van der Waals surface area contributed by atoms with Crippen LogP contribution in [0.15, 0.2) is 29.2 Å². The summed E-state index contributed by atoms with van der Waals surface area (Å²) in [5.41, 5.74) is -0.257. The van der Waals surface area contributed by atoms with Gasteiger partial charge in [-0.25, -0.2) is 8.42 Å². The van der Waals surface area contributed by atoms with Crippen molar-refractivity contribution in [2.75, 3.05) is 0 Å². The molecule has 1 aromatic rings. The molecule has 0 saturated carbocycles. The van der Waals surface area contributed by atoms with Crippen molar-refractivity contribution in [3.8, 4) is 0 Å². The summed E-state index contributed by atoms with van der Waals surface area (Å²) in [5.74, 6) is 0. The van der Waals surface area contributed by atoms with Crippen LogP contribution in [0.3, 0.4) is 0 Å². The maximum Gasteiger partial charge on any atom is 1.00 e. The summed E-state index contributed by atoms with van der Waals surface area (Å²) in [6.07, 6.45) is 0. The third kappa shape index (κ3) is 3.20. The standard InChI is InChI=1S/C6H5NO5S.Ag/c8-7(9)5-1-3-6(4-2-5)13(10,11)12;/h1-4H,(H,10,11,12);/q;+1/p-1. The van der Waals surface area contributed by atoms with Gasteiger partial charge in [-0.15, -0.1) is 0 Å². The molecule has 0 heterocycles. The van der Waals surface area contributed by atoms with Gasteiger partial charge in [-0.1, -0.05) is 0 Å². The van der Waals surface area contributed by atoms with Crippen LogP contribution in [0.2, 0.25) is 0 Å². The number of nitro benzene ring substituents is 1. The largest absolute Gasteiger partial charge is 1.00 e. The molecule has 6 nitrogen and oxygen atoms in total. The Balaban J connectivity index is 0.00000169. The van der Waals surface area contributed by atoms with E-state index in [1.807, 2.05) is 0 Å². The Morgan fingerprint density at radius 1 is 1.14 bits per heavy atom. The van der Waals surface area contributed by atoms with Gasteiger partial charge < -0.3 is 4.55 Å². The zero-order valence-electron chi connectivity index (χ0n) is 6.51. The van der Waals surface area contributed by atoms with Crippen LogP contribution in [-0.4, -0.2) is 17.9 Å². The van der Waals surface area contributed by atoms with Gasteiger partial charge in [0.2, 0.25) is 0 Å². The minimum atomic E-state index is -4.52. The normalized spacial score (nSPS) is 10.4. The molecule has 0 aliphatic rings. The van der Waals surface area contributed by atoms with E-state index in [9.17, 15) is 23.1 Å². The average molecular weight is 310 g/mol. The Kier molecular flexibility index (Phi) is 4.43. The van der Waals surface area contributed by atoms with Crippen LogP contribution in [0, 0.1) is 10.1 Å². The van der Waals surface area contributed by atoms with Crippen molar-refractivity contribution >= 4 is 15.8 Å². The molecular weight excluding hydrogens is 306 g/mol. The predicted molar refractivity (Wildman–Crippen MR) is 41.1 cm³/mol. The quantitative estimate of drug-likeness (QED) is 0.342. The number of hydrogen-bond acceptors (Lipinski definition) is 5. The number of nitrogens with zero attached hydrogens (tertiary/aromatic N) is 1. The van der Waals surface area contributed by atoms with E-state index in [0.29, 0.717) is 0 Å². The fraction of sp³-hybridized carbons (Fsp3) is 0. The fourth-order valence-corrected chi connectivity index (χ4v) is 1.20. The summed E-state index contributed by atoms with van der Waals surface area (Å²) >= 11 is 0. The van der Waals surface area contributed by atoms with E-state index in [-0.39, 0.29) is 28.1 Å². The molecule has 14 heavy (non-hydrogen) atoms. The van der Waals surface area contributed by atoms with E-state index in [1.165, 1.54) is 0 Å². The van der Waals surface area contributed by atoms with Crippen LogP contribution < -0.4 is 0 Å². The fourth-order valence-electron chi connectivity index (χ4n) is 0.735. The zero-order chi connectivity index (χ0) is 10.1. The van der Waals surface area contributed by atoms with E-state index in [1.54, 1.807) is 0 Å². The summed E-state index contributed by atoms with van der Waals surface area (Å²) < 4.78 is 31.2. The summed E-state index contributed by atoms with van der Waals surface area (Å²) in [6.45, 7) is 0. The Morgan fingerprint density at radius 2 is 1.57 bits per heavy atom. The number of rotatable bonds is 2. The molecule has 0 spiro atoms. The molecule has 0 aliphatic carbocycles. The topological polar surface area (TPSA) is 100 Å². The van der Waals surface area contributed by atoms with Crippen LogP contribution in [0.4, 0.5) is 5.69 Å². The summed E-state index contributed by atoms with van der Waals surface area (Å²) in [7, 11) is -4.52. The van der Waals surface area contributed by atoms with Crippen LogP contribution >= 0.6 is 0 Å². The maximum absolute atomic E-state index is 10.4. The zero-order valence-corrected chi connectivity index (χ0v) is 8.81. The van der Waals surface area contributed by atoms with E-state index < -0.39 is 19.9 Å². The van der Waals surface area contributed by atoms with E-state index in [4.69, 9.17) is 0 Å². The Labute approximate surface area is 95.3 Å². The third-order valence-corrected chi connectivity index (χ3v) is 2.19. The van der Waals surface area contributed by atoms with Crippen LogP contribution in [0.5, 0.6) is 0 Å². The molecule has 8 heteroatoms. The molecule has 0 amide bonds. The first-order valence-electron chi connectivity index (χ1n) is 3.11. The summed E-state index contributed by atoms with van der Waals surface area (Å²) in [4.78, 5) is 8.99. The van der Waals surface area contributed by atoms with Crippen molar-refractivity contribution in [2.45, 2.75) is 4.90 Å². The Bertz CT molecular complexity index is 426. The second kappa shape index (κ2) is 4.67. The summed E-state index contributed by atoms with van der Waals surface area (Å²) in [5, 5.41) is 10.1. The van der Waals surface area contributed by atoms with Crippen molar-refractivity contribution in [3.05, 3.63) is 34.4 Å². The van der Waals surface area contributed by atoms with Crippen LogP contribution in [0.1, 0.15) is 0 Å². The van der Waals surface area contributed by atoms with Gasteiger partial charge in [-0.3, -0.25) is 10.1 Å². The Morgan fingerprint density at radius 3 is 1.86 bits per heavy atom. The predicted octanol–water partition coefficient (Wildman–Crippen LogP) is 0.496. The van der Waals surface area contributed by atoms with Gasteiger partial charge in [-0.2, -0.15) is 0 Å². The van der Waals surface area contributed by atoms with Crippen LogP contribution in [0.25, 0.3) is 0 Å². The third-order valence-electron chi connectivity index (χ3n) is 1.34. The van der Waals surface area contributed by atoms with Crippen molar-refractivity contribution in [1.82, 2.24) is 0 Å². The number of hydrogen-bond donors (Lipinski definition) is 0. The number of non-ortho nitro benzene ring substituents is 1. The molecule has 0 unspecified atom stereocenters.